The Kier molecular flexibility index (Phi) is 66.5. The van der Waals surface area contributed by atoms with Crippen molar-refractivity contribution in [2.45, 2.75) is 382 Å². The molecule has 778 valence electrons. The SMILES string of the molecule is C/C1=C/C[C@@H](/C(C)=C/c2csc(C)n2)OC(=O)C[C@H](C)C(C)(C)C(=O)[C@H](CCCCCl)[C@@H](C)[C@@H](C)/C=C/C1.C/C1=C/C[C@@H](/C(C)=C/c2csc(C)n2)OC(=O)C[C@H](O)C(C)(C)C(=O)[C@H](CCCCCl)[C@@H](O)[C@@H](C)/C=C/C1.C/C1=C/C[C@@H](/C(C)=C/c2csc(C)n2)OC(=O)C[C@H](O)C(C)(C)C(=O)[C@H](CCCCCl)[C@@H](O)[C@@H](C)CCC1.CCCC[P+](CCCC)(CCCC)Cc1csc(C)n1.[Cl-].[N-]=[N+]=[N-].[Na+]. The summed E-state index contributed by atoms with van der Waals surface area (Å²) in [6, 6.07) is 0. The van der Waals surface area contributed by atoms with Crippen molar-refractivity contribution in [3.05, 3.63) is 156 Å². The fourth-order valence-corrected chi connectivity index (χ4v) is 25.4. The van der Waals surface area contributed by atoms with Crippen molar-refractivity contribution in [2.75, 3.05) is 36.1 Å². The van der Waals surface area contributed by atoms with Crippen LogP contribution < -0.4 is 42.0 Å². The van der Waals surface area contributed by atoms with Gasteiger partial charge in [-0.1, -0.05) is 195 Å². The molecule has 7 heterocycles. The number of hydrogen-bond donors (Lipinski definition) is 4. The van der Waals surface area contributed by atoms with Gasteiger partial charge >= 0.3 is 47.5 Å². The molecule has 0 spiro atoms. The van der Waals surface area contributed by atoms with E-state index in [0.29, 0.717) is 69.0 Å². The number of aromatic nitrogens is 4. The quantitative estimate of drug-likeness (QED) is 0.00375. The summed E-state index contributed by atoms with van der Waals surface area (Å²) in [7, 11) is -0.810. The number of Topliss-reactive ketones (excluding diaryl/α,β-unsaturated/α-hetero) is 3. The maximum atomic E-state index is 14.0. The number of esters is 3. The molecule has 0 amide bonds. The van der Waals surface area contributed by atoms with Crippen molar-refractivity contribution >= 4 is 141 Å². The first-order valence-electron chi connectivity index (χ1n) is 50.1. The van der Waals surface area contributed by atoms with E-state index in [1.807, 2.05) is 141 Å². The first kappa shape index (κ1) is 133. The Balaban J connectivity index is 0.000000932. The molecule has 3 aliphatic rings. The first-order valence-corrected chi connectivity index (χ1v) is 57.8. The number of ketones is 3. The topological polar surface area (TPSA) is 321 Å². The van der Waals surface area contributed by atoms with Crippen LogP contribution in [-0.4, -0.2) is 154 Å². The van der Waals surface area contributed by atoms with Crippen LogP contribution in [0.2, 0.25) is 0 Å². The van der Waals surface area contributed by atoms with Gasteiger partial charge < -0.3 is 58.1 Å². The zero-order valence-electron chi connectivity index (χ0n) is 88.8. The molecule has 0 aliphatic carbocycles. The standard InChI is InChI=1S/C32H48ClNO3S.C30H46ClNO5S.C30H44ClNO5S.C17H33NPS.ClH.N3.Na/c1-21-12-11-13-22(2)25(5)28(14-9-10-17-33)31(36)32(7,8)24(4)19-30(35)37-29(16-15-21)23(3)18-27-20-38-26(6)34-27;2*1-19-10-9-11-20(2)28(35)24(12-7-8-15-31)29(36)30(5,6)26(33)17-27(34)37-25(14-13-19)21(3)16-23-18-38-22(4)32-23;1-5-8-11-19(12-9-6-2,13-10-7-3)14-17-15-20-16(4)18-17;;1-3-2;/h11,13,15,18,20,22,24-25,28-29H,9-10,12,14,16-17,19H2,1-8H3;13,16,18,20,24-26,28,33,35H,7-12,14-15,17H2,1-6H3;9,11,13,16,18,20,24-26,28,33,35H,7-8,10,12,14-15,17H2,1-6H3;15H,5-14H2,1-4H3;1H;;/q;;;+1;;-1;+1/p-1/b13-11+,21-15-,23-18+;19-13-,21-16+;11-9+,19-13-,21-16+;;;;/t22-,24-,25-,28+,29-;2*20-,24+,25-,26-,28-;;;;/m000..../s1. The van der Waals surface area contributed by atoms with Gasteiger partial charge in [-0.05, 0) is 218 Å². The Hall–Kier alpha value is -4.40. The molecular formula is C109H171Cl4N7NaO13PS4. The largest absolute Gasteiger partial charge is 1.00 e. The Morgan fingerprint density at radius 1 is 0.482 bits per heavy atom. The van der Waals surface area contributed by atoms with E-state index in [2.05, 4.69) is 106 Å². The predicted molar refractivity (Wildman–Crippen MR) is 579 cm³/mol. The number of alkyl halides is 3. The fraction of sp³-hybridized carbons (Fsp3) is 0.688. The molecule has 7 rings (SSSR count). The van der Waals surface area contributed by atoms with Gasteiger partial charge in [-0.25, -0.2) is 19.9 Å². The number of allylic oxidation sites excluding steroid dienone is 6. The van der Waals surface area contributed by atoms with E-state index in [1.165, 1.54) is 89.9 Å². The van der Waals surface area contributed by atoms with Crippen LogP contribution in [0.4, 0.5) is 0 Å². The molecule has 0 saturated carbocycles. The van der Waals surface area contributed by atoms with E-state index < -0.39 is 83.9 Å². The molecule has 0 saturated heterocycles. The van der Waals surface area contributed by atoms with E-state index in [-0.39, 0.29) is 126 Å². The zero-order valence-corrected chi connectivity index (χ0v) is 97.9. The molecule has 0 unspecified atom stereocenters. The maximum Gasteiger partial charge on any atom is 1.00 e. The van der Waals surface area contributed by atoms with Gasteiger partial charge in [-0.2, -0.15) is 0 Å². The molecule has 20 nitrogen and oxygen atoms in total. The summed E-state index contributed by atoms with van der Waals surface area (Å²) in [5.74, 6) is -1.41. The number of nitrogens with zero attached hydrogens (tertiary/aromatic N) is 7. The second kappa shape index (κ2) is 69.7. The second-order valence-electron chi connectivity index (χ2n) is 40.4. The van der Waals surface area contributed by atoms with Crippen molar-refractivity contribution < 1.29 is 105 Å². The number of halogens is 4. The predicted octanol–water partition coefficient (Wildman–Crippen LogP) is 23.3. The van der Waals surface area contributed by atoms with E-state index in [9.17, 15) is 49.2 Å². The summed E-state index contributed by atoms with van der Waals surface area (Å²) in [6.07, 6.45) is 40.9. The molecule has 15 atom stereocenters. The van der Waals surface area contributed by atoms with Crippen molar-refractivity contribution in [1.29, 1.82) is 0 Å². The average Bonchev–Trinajstić information content (AvgIpc) is 1.79. The molecule has 4 aromatic heterocycles. The van der Waals surface area contributed by atoms with Crippen molar-refractivity contribution in [1.82, 2.24) is 19.9 Å². The smallest absolute Gasteiger partial charge is 1.00 e. The van der Waals surface area contributed by atoms with Crippen LogP contribution in [0.15, 0.2) is 97.5 Å². The number of unbranched alkanes of at least 4 members (excludes halogenated alkanes) is 6. The number of aliphatic hydroxyl groups excluding tert-OH is 4. The Bertz CT molecular complexity index is 4420. The van der Waals surface area contributed by atoms with Crippen LogP contribution in [0.1, 0.15) is 348 Å². The third-order valence-corrected chi connectivity index (χ3v) is 36.4. The number of carbonyl (C=O) groups is 6. The van der Waals surface area contributed by atoms with E-state index in [0.717, 1.165) is 112 Å². The van der Waals surface area contributed by atoms with E-state index >= 15 is 0 Å². The molecule has 3 aliphatic heterocycles. The second-order valence-corrected chi connectivity index (χ2v) is 50.1. The Labute approximate surface area is 896 Å². The van der Waals surface area contributed by atoms with Gasteiger partial charge in [0.15, 0.2) is 0 Å². The summed E-state index contributed by atoms with van der Waals surface area (Å²) in [5.41, 5.74) is 20.5. The summed E-state index contributed by atoms with van der Waals surface area (Å²) >= 11 is 24.2. The summed E-state index contributed by atoms with van der Waals surface area (Å²) < 4.78 is 17.8. The minimum Gasteiger partial charge on any atom is -1.00 e. The van der Waals surface area contributed by atoms with Crippen LogP contribution in [-0.2, 0) is 49.1 Å². The molecule has 0 radical (unpaired) electrons. The number of thiazole rings is 4. The number of carbonyl (C=O) groups excluding carboxylic acids is 6. The Morgan fingerprint density at radius 3 is 1.17 bits per heavy atom. The molecule has 0 bridgehead atoms. The van der Waals surface area contributed by atoms with Crippen LogP contribution in [0.3, 0.4) is 0 Å². The molecule has 139 heavy (non-hydrogen) atoms. The minimum atomic E-state index is -1.26. The number of hydrogen-bond acceptors (Lipinski definition) is 21. The molecule has 0 aromatic carbocycles. The van der Waals surface area contributed by atoms with Gasteiger partial charge in [0.25, 0.3) is 0 Å². The number of cyclic esters (lactones) is 3. The average molecular weight is 2110 g/mol. The molecular weight excluding hydrogens is 1940 g/mol. The molecule has 4 aromatic rings. The van der Waals surface area contributed by atoms with Gasteiger partial charge in [0.1, 0.15) is 41.8 Å². The molecule has 0 fully saturated rings. The van der Waals surface area contributed by atoms with Gasteiger partial charge in [0.2, 0.25) is 0 Å². The third kappa shape index (κ3) is 48.0. The number of aryl methyl sites for hydroxylation is 4. The van der Waals surface area contributed by atoms with Crippen LogP contribution in [0, 0.1) is 91.3 Å². The monoisotopic (exact) mass is 2110 g/mol. The van der Waals surface area contributed by atoms with Crippen molar-refractivity contribution in [2.24, 2.45) is 63.6 Å². The van der Waals surface area contributed by atoms with Gasteiger partial charge in [-0.15, -0.1) is 80.1 Å². The minimum absolute atomic E-state index is 0. The zero-order chi connectivity index (χ0) is 103. The maximum absolute atomic E-state index is 14.0. The van der Waals surface area contributed by atoms with Crippen LogP contribution >= 0.6 is 87.4 Å². The van der Waals surface area contributed by atoms with Crippen molar-refractivity contribution in [3.63, 3.8) is 0 Å². The van der Waals surface area contributed by atoms with Gasteiger partial charge in [0.05, 0.1) is 109 Å². The van der Waals surface area contributed by atoms with Gasteiger partial charge in [0, 0.05) is 101 Å². The van der Waals surface area contributed by atoms with Gasteiger partial charge in [-0.3, -0.25) is 33.7 Å². The van der Waals surface area contributed by atoms with Crippen LogP contribution in [0.25, 0.3) is 34.2 Å². The summed E-state index contributed by atoms with van der Waals surface area (Å²) in [5, 5.41) is 56.9. The third-order valence-electron chi connectivity index (χ3n) is 27.6. The van der Waals surface area contributed by atoms with E-state index in [1.54, 1.807) is 61.7 Å². The van der Waals surface area contributed by atoms with Crippen LogP contribution in [0.5, 0.6) is 0 Å². The molecule has 30 heteroatoms. The van der Waals surface area contributed by atoms with Crippen molar-refractivity contribution in [3.8, 4) is 0 Å². The van der Waals surface area contributed by atoms with E-state index in [4.69, 9.17) is 65.1 Å². The number of rotatable bonds is 29. The Morgan fingerprint density at radius 2 is 0.820 bits per heavy atom. The first-order chi connectivity index (χ1) is 64.6. The number of aliphatic hydroxyl groups is 4. The fourth-order valence-electron chi connectivity index (χ4n) is 17.5. The molecule has 4 N–H and O–H groups in total. The summed E-state index contributed by atoms with van der Waals surface area (Å²) in [6.45, 7) is 47.9. The number of ether oxygens (including phenoxy) is 3. The summed E-state index contributed by atoms with van der Waals surface area (Å²) in [4.78, 5) is 100. The normalized spacial score (nSPS) is 26.6.